The molecule has 2 saturated heterocycles. The number of nitrogens with zero attached hydrogens (tertiary/aromatic N) is 3. The topological polar surface area (TPSA) is 70.6 Å². The highest BCUT2D eigenvalue weighted by molar-refractivity contribution is 7.88. The first-order valence-electron chi connectivity index (χ1n) is 8.04. The van der Waals surface area contributed by atoms with E-state index in [2.05, 4.69) is 4.98 Å². The monoisotopic (exact) mass is 337 g/mol. The molecule has 6 nitrogen and oxygen atoms in total. The normalized spacial score (nSPS) is 26.7. The van der Waals surface area contributed by atoms with Gasteiger partial charge in [-0.05, 0) is 37.3 Å². The molecule has 1 atom stereocenters. The molecule has 1 aromatic rings. The van der Waals surface area contributed by atoms with Crippen molar-refractivity contribution in [2.75, 3.05) is 25.9 Å². The summed E-state index contributed by atoms with van der Waals surface area (Å²) in [7, 11) is -3.17. The summed E-state index contributed by atoms with van der Waals surface area (Å²) in [6, 6.07) is 3.85. The van der Waals surface area contributed by atoms with Crippen LogP contribution in [0.5, 0.6) is 0 Å². The van der Waals surface area contributed by atoms with Gasteiger partial charge in [-0.2, -0.15) is 0 Å². The predicted octanol–water partition coefficient (Wildman–Crippen LogP) is 1.25. The molecule has 0 saturated carbocycles. The predicted molar refractivity (Wildman–Crippen MR) is 87.0 cm³/mol. The number of carbonyl (C=O) groups excluding carboxylic acids is 1. The van der Waals surface area contributed by atoms with Gasteiger partial charge in [0, 0.05) is 38.6 Å². The maximum absolute atomic E-state index is 12.9. The van der Waals surface area contributed by atoms with Crippen LogP contribution in [0.4, 0.5) is 0 Å². The Morgan fingerprint density at radius 3 is 2.70 bits per heavy atom. The number of aromatic nitrogens is 1. The minimum absolute atomic E-state index is 0.178. The molecule has 0 radical (unpaired) electrons. The van der Waals surface area contributed by atoms with Crippen molar-refractivity contribution in [2.45, 2.75) is 32.2 Å². The summed E-state index contributed by atoms with van der Waals surface area (Å²) in [5, 5.41) is 0. The Kier molecular flexibility index (Phi) is 4.42. The minimum Gasteiger partial charge on any atom is -0.338 e. The molecule has 3 heterocycles. The van der Waals surface area contributed by atoms with Crippen LogP contribution in [0, 0.1) is 5.41 Å². The van der Waals surface area contributed by atoms with Crippen molar-refractivity contribution in [3.8, 4) is 0 Å². The molecular formula is C16H23N3O3S. The first-order valence-corrected chi connectivity index (χ1v) is 9.89. The molecule has 7 heteroatoms. The van der Waals surface area contributed by atoms with Crippen LogP contribution >= 0.6 is 0 Å². The third-order valence-corrected chi connectivity index (χ3v) is 6.37. The average molecular weight is 337 g/mol. The Hall–Kier alpha value is -1.47. The van der Waals surface area contributed by atoms with Gasteiger partial charge in [0.05, 0.1) is 11.7 Å². The lowest BCUT2D eigenvalue weighted by molar-refractivity contribution is -0.137. The third-order valence-electron chi connectivity index (χ3n) is 5.07. The van der Waals surface area contributed by atoms with Crippen LogP contribution in [0.2, 0.25) is 0 Å². The van der Waals surface area contributed by atoms with Gasteiger partial charge >= 0.3 is 0 Å². The molecule has 3 rings (SSSR count). The van der Waals surface area contributed by atoms with Crippen molar-refractivity contribution < 1.29 is 13.2 Å². The van der Waals surface area contributed by atoms with Gasteiger partial charge in [-0.3, -0.25) is 9.78 Å². The Morgan fingerprint density at radius 1 is 1.22 bits per heavy atom. The van der Waals surface area contributed by atoms with E-state index in [1.165, 1.54) is 10.6 Å². The highest BCUT2D eigenvalue weighted by Crippen LogP contribution is 2.42. The first-order chi connectivity index (χ1) is 10.9. The summed E-state index contributed by atoms with van der Waals surface area (Å²) in [4.78, 5) is 18.9. The average Bonchev–Trinajstić information content (AvgIpc) is 2.70. The van der Waals surface area contributed by atoms with E-state index in [4.69, 9.17) is 0 Å². The van der Waals surface area contributed by atoms with Gasteiger partial charge in [-0.1, -0.05) is 6.07 Å². The van der Waals surface area contributed by atoms with Crippen molar-refractivity contribution in [2.24, 2.45) is 5.41 Å². The van der Waals surface area contributed by atoms with Crippen LogP contribution in [0.3, 0.4) is 0 Å². The Bertz CT molecular complexity index is 677. The van der Waals surface area contributed by atoms with Gasteiger partial charge in [0.15, 0.2) is 0 Å². The van der Waals surface area contributed by atoms with Gasteiger partial charge in [0.2, 0.25) is 15.9 Å². The maximum atomic E-state index is 12.9. The molecule has 0 aromatic carbocycles. The third kappa shape index (κ3) is 3.40. The summed E-state index contributed by atoms with van der Waals surface area (Å²) in [5.74, 6) is 0.178. The largest absolute Gasteiger partial charge is 0.338 e. The molecule has 0 unspecified atom stereocenters. The standard InChI is InChI=1S/C16H23N3O3S/c1-23(21,22)19-9-3-5-16(7-11-19)6-10-18(15(16)20)13-14-4-2-8-17-12-14/h2,4,8,12H,3,5-7,9-11,13H2,1H3/t16-/m0/s1. The summed E-state index contributed by atoms with van der Waals surface area (Å²) < 4.78 is 25.0. The van der Waals surface area contributed by atoms with Crippen molar-refractivity contribution >= 4 is 15.9 Å². The summed E-state index contributed by atoms with van der Waals surface area (Å²) >= 11 is 0. The fourth-order valence-electron chi connectivity index (χ4n) is 3.72. The van der Waals surface area contributed by atoms with Crippen LogP contribution in [0.15, 0.2) is 24.5 Å². The number of hydrogen-bond acceptors (Lipinski definition) is 4. The molecule has 0 N–H and O–H groups in total. The van der Waals surface area contributed by atoms with E-state index in [0.29, 0.717) is 26.1 Å². The Labute approximate surface area is 137 Å². The van der Waals surface area contributed by atoms with E-state index >= 15 is 0 Å². The molecular weight excluding hydrogens is 314 g/mol. The van der Waals surface area contributed by atoms with Crippen molar-refractivity contribution in [3.05, 3.63) is 30.1 Å². The van der Waals surface area contributed by atoms with Crippen LogP contribution < -0.4 is 0 Å². The van der Waals surface area contributed by atoms with E-state index in [1.54, 1.807) is 12.4 Å². The molecule has 126 valence electrons. The van der Waals surface area contributed by atoms with Crippen LogP contribution in [-0.2, 0) is 21.4 Å². The highest BCUT2D eigenvalue weighted by atomic mass is 32.2. The fourth-order valence-corrected chi connectivity index (χ4v) is 4.60. The van der Waals surface area contributed by atoms with Gasteiger partial charge in [0.1, 0.15) is 0 Å². The number of carbonyl (C=O) groups is 1. The van der Waals surface area contributed by atoms with E-state index in [-0.39, 0.29) is 11.3 Å². The van der Waals surface area contributed by atoms with Crippen LogP contribution in [0.25, 0.3) is 0 Å². The van der Waals surface area contributed by atoms with E-state index in [0.717, 1.165) is 31.4 Å². The first kappa shape index (κ1) is 16.4. The van der Waals surface area contributed by atoms with Crippen molar-refractivity contribution in [1.29, 1.82) is 0 Å². The van der Waals surface area contributed by atoms with Gasteiger partial charge in [-0.25, -0.2) is 12.7 Å². The molecule has 1 amide bonds. The lowest BCUT2D eigenvalue weighted by Gasteiger charge is -2.26. The number of likely N-dealkylation sites (tertiary alicyclic amines) is 1. The molecule has 2 aliphatic heterocycles. The molecule has 1 aromatic heterocycles. The quantitative estimate of drug-likeness (QED) is 0.832. The second-order valence-corrected chi connectivity index (χ2v) is 8.62. The van der Waals surface area contributed by atoms with E-state index in [9.17, 15) is 13.2 Å². The lowest BCUT2D eigenvalue weighted by atomic mass is 9.79. The Balaban J connectivity index is 1.70. The van der Waals surface area contributed by atoms with E-state index in [1.807, 2.05) is 17.0 Å². The van der Waals surface area contributed by atoms with Crippen molar-refractivity contribution in [3.63, 3.8) is 0 Å². The molecule has 2 aliphatic rings. The number of pyridine rings is 1. The van der Waals surface area contributed by atoms with Crippen molar-refractivity contribution in [1.82, 2.24) is 14.2 Å². The molecule has 1 spiro atoms. The molecule has 2 fully saturated rings. The summed E-state index contributed by atoms with van der Waals surface area (Å²) in [5.41, 5.74) is 0.658. The fraction of sp³-hybridized carbons (Fsp3) is 0.625. The van der Waals surface area contributed by atoms with Gasteiger partial charge in [0.25, 0.3) is 0 Å². The zero-order valence-electron chi connectivity index (χ0n) is 13.4. The number of sulfonamides is 1. The number of hydrogen-bond donors (Lipinski definition) is 0. The van der Waals surface area contributed by atoms with Crippen LogP contribution in [0.1, 0.15) is 31.2 Å². The SMILES string of the molecule is CS(=O)(=O)N1CCC[C@]2(CCN(Cc3cccnc3)C2=O)CC1. The highest BCUT2D eigenvalue weighted by Gasteiger charge is 2.47. The molecule has 23 heavy (non-hydrogen) atoms. The minimum atomic E-state index is -3.17. The smallest absolute Gasteiger partial charge is 0.229 e. The second kappa shape index (κ2) is 6.20. The lowest BCUT2D eigenvalue weighted by Crippen LogP contribution is -2.36. The summed E-state index contributed by atoms with van der Waals surface area (Å²) in [6.45, 7) is 2.30. The number of rotatable bonds is 3. The number of amides is 1. The summed E-state index contributed by atoms with van der Waals surface area (Å²) in [6.07, 6.45) is 7.74. The zero-order chi connectivity index (χ0) is 16.5. The van der Waals surface area contributed by atoms with Gasteiger partial charge in [-0.15, -0.1) is 0 Å². The molecule has 0 bridgehead atoms. The maximum Gasteiger partial charge on any atom is 0.229 e. The van der Waals surface area contributed by atoms with E-state index < -0.39 is 10.0 Å². The molecule has 0 aliphatic carbocycles. The van der Waals surface area contributed by atoms with Crippen LogP contribution in [-0.4, -0.2) is 54.4 Å². The zero-order valence-corrected chi connectivity index (χ0v) is 14.3. The Morgan fingerprint density at radius 2 is 2.00 bits per heavy atom. The second-order valence-electron chi connectivity index (χ2n) is 6.63. The van der Waals surface area contributed by atoms with Gasteiger partial charge < -0.3 is 4.90 Å².